The van der Waals surface area contributed by atoms with Crippen LogP contribution in [0.2, 0.25) is 0 Å². The van der Waals surface area contributed by atoms with Crippen molar-refractivity contribution < 1.29 is 14.3 Å². The van der Waals surface area contributed by atoms with Crippen LogP contribution >= 0.6 is 0 Å². The first-order valence-corrected chi connectivity index (χ1v) is 9.06. The fourth-order valence-corrected chi connectivity index (χ4v) is 3.75. The van der Waals surface area contributed by atoms with Crippen LogP contribution in [-0.2, 0) is 16.0 Å². The number of carbonyl (C=O) groups excluding carboxylic acids is 2. The molecule has 1 aromatic rings. The number of likely N-dealkylation sites (tertiary alicyclic amines) is 1. The molecule has 0 saturated carbocycles. The maximum Gasteiger partial charge on any atom is 0.255 e. The lowest BCUT2D eigenvalue weighted by Crippen LogP contribution is -2.42. The van der Waals surface area contributed by atoms with Gasteiger partial charge in [0.25, 0.3) is 5.91 Å². The molecule has 2 atom stereocenters. The van der Waals surface area contributed by atoms with Crippen LogP contribution in [0.3, 0.4) is 0 Å². The molecule has 2 aliphatic heterocycles. The molecule has 7 heteroatoms. The fraction of sp³-hybridized carbons (Fsp3) is 0.667. The van der Waals surface area contributed by atoms with Gasteiger partial charge in [0.05, 0.1) is 23.1 Å². The molecule has 2 amide bonds. The van der Waals surface area contributed by atoms with Crippen LogP contribution in [0.15, 0.2) is 6.07 Å². The summed E-state index contributed by atoms with van der Waals surface area (Å²) in [7, 11) is 0. The first-order valence-electron chi connectivity index (χ1n) is 9.06. The lowest BCUT2D eigenvalue weighted by molar-refractivity contribution is -0.130. The number of ether oxygens (including phenoxy) is 1. The highest BCUT2D eigenvalue weighted by atomic mass is 16.5. The highest BCUT2D eigenvalue weighted by molar-refractivity contribution is 5.95. The molecule has 0 unspecified atom stereocenters. The van der Waals surface area contributed by atoms with E-state index in [1.54, 1.807) is 0 Å². The van der Waals surface area contributed by atoms with Crippen molar-refractivity contribution in [3.05, 3.63) is 23.0 Å². The summed E-state index contributed by atoms with van der Waals surface area (Å²) in [4.78, 5) is 26.0. The summed E-state index contributed by atoms with van der Waals surface area (Å²) < 4.78 is 5.80. The summed E-state index contributed by atoms with van der Waals surface area (Å²) in [5.74, 6) is 0.0432. The first-order chi connectivity index (χ1) is 12.0. The summed E-state index contributed by atoms with van der Waals surface area (Å²) in [6.45, 7) is 5.23. The Balaban J connectivity index is 1.59. The van der Waals surface area contributed by atoms with Crippen LogP contribution < -0.4 is 5.73 Å². The number of nitrogens with two attached hydrogens (primary N) is 1. The molecule has 0 spiro atoms. The Kier molecular flexibility index (Phi) is 5.32. The standard InChI is InChI=1S/C18H26N4O3/c1-3-13-10-14(11(2)20-21-13)18(24)22-8-6-12(7-9-22)15-4-5-16(25-15)17(19)23/h10,12,15-16H,3-9H2,1-2H3,(H2,19,23)/t15-,16+/m0/s1. The maximum atomic E-state index is 12.8. The van der Waals surface area contributed by atoms with E-state index in [9.17, 15) is 9.59 Å². The molecule has 3 rings (SSSR count). The van der Waals surface area contributed by atoms with Gasteiger partial charge in [0.1, 0.15) is 6.10 Å². The van der Waals surface area contributed by atoms with Crippen molar-refractivity contribution in [2.75, 3.05) is 13.1 Å². The van der Waals surface area contributed by atoms with Gasteiger partial charge in [0, 0.05) is 13.1 Å². The molecule has 2 saturated heterocycles. The minimum absolute atomic E-state index is 0.0305. The van der Waals surface area contributed by atoms with Crippen LogP contribution in [0.5, 0.6) is 0 Å². The summed E-state index contributed by atoms with van der Waals surface area (Å²) in [5.41, 5.74) is 7.48. The molecule has 2 N–H and O–H groups in total. The van der Waals surface area contributed by atoms with E-state index < -0.39 is 6.10 Å². The van der Waals surface area contributed by atoms with E-state index in [0.29, 0.717) is 36.7 Å². The van der Waals surface area contributed by atoms with E-state index in [0.717, 1.165) is 31.4 Å². The number of rotatable bonds is 4. The summed E-state index contributed by atoms with van der Waals surface area (Å²) in [5, 5.41) is 8.20. The molecular weight excluding hydrogens is 320 g/mol. The average Bonchev–Trinajstić information content (AvgIpc) is 3.12. The Morgan fingerprint density at radius 1 is 1.24 bits per heavy atom. The van der Waals surface area contributed by atoms with Crippen LogP contribution in [0.25, 0.3) is 0 Å². The zero-order valence-corrected chi connectivity index (χ0v) is 14.9. The zero-order chi connectivity index (χ0) is 18.0. The van der Waals surface area contributed by atoms with Crippen LogP contribution in [0.1, 0.15) is 54.4 Å². The predicted octanol–water partition coefficient (Wildman–Crippen LogP) is 1.23. The molecule has 2 fully saturated rings. The Hall–Kier alpha value is -2.02. The average molecular weight is 346 g/mol. The van der Waals surface area contributed by atoms with Gasteiger partial charge in [-0.3, -0.25) is 9.59 Å². The summed E-state index contributed by atoms with van der Waals surface area (Å²) in [6, 6.07) is 1.86. The van der Waals surface area contributed by atoms with Crippen molar-refractivity contribution >= 4 is 11.8 Å². The molecule has 7 nitrogen and oxygen atoms in total. The minimum atomic E-state index is -0.442. The number of piperidine rings is 1. The molecule has 2 aliphatic rings. The molecule has 1 aromatic heterocycles. The second-order valence-corrected chi connectivity index (χ2v) is 6.96. The SMILES string of the molecule is CCc1cc(C(=O)N2CCC([C@@H]3CC[C@H](C(N)=O)O3)CC2)c(C)nn1. The fourth-order valence-electron chi connectivity index (χ4n) is 3.75. The molecule has 0 aliphatic carbocycles. The van der Waals surface area contributed by atoms with Crippen molar-refractivity contribution in [2.24, 2.45) is 11.7 Å². The Labute approximate surface area is 147 Å². The first kappa shape index (κ1) is 17.8. The van der Waals surface area contributed by atoms with Crippen molar-refractivity contribution in [3.63, 3.8) is 0 Å². The quantitative estimate of drug-likeness (QED) is 0.884. The third kappa shape index (κ3) is 3.81. The number of carbonyl (C=O) groups is 2. The van der Waals surface area contributed by atoms with Gasteiger partial charge in [-0.2, -0.15) is 10.2 Å². The largest absolute Gasteiger partial charge is 0.367 e. The second-order valence-electron chi connectivity index (χ2n) is 6.96. The van der Waals surface area contributed by atoms with Crippen molar-refractivity contribution in [3.8, 4) is 0 Å². The molecule has 0 aromatic carbocycles. The highest BCUT2D eigenvalue weighted by Crippen LogP contribution is 2.32. The number of amides is 2. The molecule has 25 heavy (non-hydrogen) atoms. The lowest BCUT2D eigenvalue weighted by atomic mass is 9.89. The maximum absolute atomic E-state index is 12.8. The van der Waals surface area contributed by atoms with Gasteiger partial charge in [-0.1, -0.05) is 6.92 Å². The van der Waals surface area contributed by atoms with Gasteiger partial charge in [0.15, 0.2) is 0 Å². The number of aryl methyl sites for hydroxylation is 2. The van der Waals surface area contributed by atoms with E-state index >= 15 is 0 Å². The van der Waals surface area contributed by atoms with Crippen LogP contribution in [0, 0.1) is 12.8 Å². The van der Waals surface area contributed by atoms with Crippen molar-refractivity contribution in [2.45, 2.75) is 58.2 Å². The van der Waals surface area contributed by atoms with Gasteiger partial charge < -0.3 is 15.4 Å². The molecule has 0 bridgehead atoms. The van der Waals surface area contributed by atoms with E-state index in [4.69, 9.17) is 10.5 Å². The van der Waals surface area contributed by atoms with Gasteiger partial charge in [0.2, 0.25) is 5.91 Å². The smallest absolute Gasteiger partial charge is 0.255 e. The van der Waals surface area contributed by atoms with E-state index in [2.05, 4.69) is 10.2 Å². The number of nitrogens with zero attached hydrogens (tertiary/aromatic N) is 3. The van der Waals surface area contributed by atoms with Gasteiger partial charge in [-0.25, -0.2) is 0 Å². The zero-order valence-electron chi connectivity index (χ0n) is 14.9. The molecule has 136 valence electrons. The van der Waals surface area contributed by atoms with Crippen molar-refractivity contribution in [1.29, 1.82) is 0 Å². The third-order valence-corrected chi connectivity index (χ3v) is 5.34. The van der Waals surface area contributed by atoms with Crippen LogP contribution in [-0.4, -0.2) is 52.2 Å². The van der Waals surface area contributed by atoms with E-state index in [1.807, 2.05) is 24.8 Å². The Bertz CT molecular complexity index is 656. The van der Waals surface area contributed by atoms with Gasteiger partial charge in [-0.05, 0) is 51.0 Å². The number of hydrogen-bond donors (Lipinski definition) is 1. The van der Waals surface area contributed by atoms with Gasteiger partial charge >= 0.3 is 0 Å². The number of aromatic nitrogens is 2. The molecule has 0 radical (unpaired) electrons. The van der Waals surface area contributed by atoms with E-state index in [-0.39, 0.29) is 17.9 Å². The topological polar surface area (TPSA) is 98.4 Å². The number of hydrogen-bond acceptors (Lipinski definition) is 5. The lowest BCUT2D eigenvalue weighted by Gasteiger charge is -2.34. The van der Waals surface area contributed by atoms with E-state index in [1.165, 1.54) is 0 Å². The minimum Gasteiger partial charge on any atom is -0.367 e. The second kappa shape index (κ2) is 7.47. The van der Waals surface area contributed by atoms with Gasteiger partial charge in [-0.15, -0.1) is 0 Å². The monoisotopic (exact) mass is 346 g/mol. The third-order valence-electron chi connectivity index (χ3n) is 5.34. The summed E-state index contributed by atoms with van der Waals surface area (Å²) >= 11 is 0. The van der Waals surface area contributed by atoms with Crippen LogP contribution in [0.4, 0.5) is 0 Å². The highest BCUT2D eigenvalue weighted by Gasteiger charge is 2.36. The Morgan fingerprint density at radius 3 is 2.56 bits per heavy atom. The summed E-state index contributed by atoms with van der Waals surface area (Å²) in [6.07, 6.45) is 3.77. The molecule has 3 heterocycles. The number of primary amides is 1. The normalized spacial score (nSPS) is 24.5. The predicted molar refractivity (Wildman–Crippen MR) is 91.9 cm³/mol. The molecular formula is C18H26N4O3. The Morgan fingerprint density at radius 2 is 1.96 bits per heavy atom. The van der Waals surface area contributed by atoms with Crippen molar-refractivity contribution in [1.82, 2.24) is 15.1 Å².